The van der Waals surface area contributed by atoms with Gasteiger partial charge in [-0.3, -0.25) is 9.89 Å². The molecule has 1 aliphatic rings. The molecule has 0 amide bonds. The molecule has 0 spiro atoms. The first kappa shape index (κ1) is 21.6. The second kappa shape index (κ2) is 10.6. The molecule has 0 bridgehead atoms. The molecule has 0 radical (unpaired) electrons. The number of hydrogen-bond acceptors (Lipinski definition) is 4. The second-order valence-corrected chi connectivity index (χ2v) is 7.77. The van der Waals surface area contributed by atoms with Crippen LogP contribution in [0.15, 0.2) is 4.99 Å². The van der Waals surface area contributed by atoms with Crippen LogP contribution >= 0.6 is 35.3 Å². The van der Waals surface area contributed by atoms with E-state index in [1.165, 1.54) is 30.7 Å². The van der Waals surface area contributed by atoms with Gasteiger partial charge in [-0.1, -0.05) is 6.42 Å². The third-order valence-corrected chi connectivity index (χ3v) is 5.70. The van der Waals surface area contributed by atoms with Crippen LogP contribution < -0.4 is 10.6 Å². The largest absolute Gasteiger partial charge is 0.355 e. The van der Waals surface area contributed by atoms with Gasteiger partial charge in [-0.15, -0.1) is 35.3 Å². The summed E-state index contributed by atoms with van der Waals surface area (Å²) in [5.41, 5.74) is 1.12. The van der Waals surface area contributed by atoms with Crippen LogP contribution in [0.4, 0.5) is 0 Å². The molecule has 138 valence electrons. The molecule has 1 saturated heterocycles. The molecule has 24 heavy (non-hydrogen) atoms. The lowest BCUT2D eigenvalue weighted by Crippen LogP contribution is -2.50. The van der Waals surface area contributed by atoms with Crippen LogP contribution in [0.25, 0.3) is 0 Å². The Morgan fingerprint density at radius 2 is 2.12 bits per heavy atom. The van der Waals surface area contributed by atoms with Gasteiger partial charge in [-0.2, -0.15) is 0 Å². The minimum absolute atomic E-state index is 0. The highest BCUT2D eigenvalue weighted by atomic mass is 127. The summed E-state index contributed by atoms with van der Waals surface area (Å²) in [6.45, 7) is 11.7. The lowest BCUT2D eigenvalue weighted by Gasteiger charge is -2.38. The maximum atomic E-state index is 4.47. The lowest BCUT2D eigenvalue weighted by atomic mass is 10.0. The first-order valence-corrected chi connectivity index (χ1v) is 9.46. The van der Waals surface area contributed by atoms with E-state index in [4.69, 9.17) is 0 Å². The molecular formula is C17H32IN5S. The summed E-state index contributed by atoms with van der Waals surface area (Å²) in [5, 5.41) is 7.99. The van der Waals surface area contributed by atoms with Crippen LogP contribution in [0.5, 0.6) is 0 Å². The molecule has 0 saturated carbocycles. The van der Waals surface area contributed by atoms with Crippen LogP contribution in [0.2, 0.25) is 0 Å². The Balaban J connectivity index is 0.00000288. The van der Waals surface area contributed by atoms with Gasteiger partial charge >= 0.3 is 0 Å². The number of likely N-dealkylation sites (tertiary alicyclic amines) is 1. The topological polar surface area (TPSA) is 52.6 Å². The average molecular weight is 465 g/mol. The van der Waals surface area contributed by atoms with E-state index in [2.05, 4.69) is 53.2 Å². The van der Waals surface area contributed by atoms with Crippen molar-refractivity contribution in [3.05, 3.63) is 15.6 Å². The van der Waals surface area contributed by atoms with Crippen LogP contribution in [-0.2, 0) is 6.54 Å². The Bertz CT molecular complexity index is 531. The molecule has 1 fully saturated rings. The molecule has 2 atom stereocenters. The second-order valence-electron chi connectivity index (χ2n) is 6.48. The minimum atomic E-state index is 0. The van der Waals surface area contributed by atoms with Gasteiger partial charge < -0.3 is 10.6 Å². The molecule has 2 N–H and O–H groups in total. The maximum Gasteiger partial charge on any atom is 0.191 e. The van der Waals surface area contributed by atoms with E-state index in [0.717, 1.165) is 29.8 Å². The zero-order chi connectivity index (χ0) is 16.8. The summed E-state index contributed by atoms with van der Waals surface area (Å²) >= 11 is 1.75. The summed E-state index contributed by atoms with van der Waals surface area (Å²) in [4.78, 5) is 12.7. The van der Waals surface area contributed by atoms with Crippen molar-refractivity contribution in [3.63, 3.8) is 0 Å². The fourth-order valence-electron chi connectivity index (χ4n) is 3.26. The summed E-state index contributed by atoms with van der Waals surface area (Å²) in [6, 6.07) is 1.22. The third-order valence-electron chi connectivity index (χ3n) is 4.63. The number of nitrogens with zero attached hydrogens (tertiary/aromatic N) is 3. The Labute approximate surface area is 167 Å². The zero-order valence-corrected chi connectivity index (χ0v) is 18.7. The van der Waals surface area contributed by atoms with Crippen LogP contribution in [0, 0.1) is 13.8 Å². The number of piperidine rings is 1. The molecule has 1 aromatic rings. The van der Waals surface area contributed by atoms with Gasteiger partial charge in [0.1, 0.15) is 0 Å². The summed E-state index contributed by atoms with van der Waals surface area (Å²) in [5.74, 6) is 0.868. The van der Waals surface area contributed by atoms with E-state index in [-0.39, 0.29) is 24.0 Å². The predicted octanol–water partition coefficient (Wildman–Crippen LogP) is 3.31. The van der Waals surface area contributed by atoms with Crippen molar-refractivity contribution in [2.45, 2.75) is 65.6 Å². The highest BCUT2D eigenvalue weighted by Crippen LogP contribution is 2.19. The number of aliphatic imine (C=N–C) groups is 1. The zero-order valence-electron chi connectivity index (χ0n) is 15.6. The molecule has 7 heteroatoms. The Morgan fingerprint density at radius 1 is 1.38 bits per heavy atom. The van der Waals surface area contributed by atoms with E-state index in [1.807, 2.05) is 7.05 Å². The van der Waals surface area contributed by atoms with Crippen LogP contribution in [0.1, 0.15) is 48.7 Å². The number of halogens is 1. The van der Waals surface area contributed by atoms with Crippen molar-refractivity contribution in [3.8, 4) is 0 Å². The van der Waals surface area contributed by atoms with Crippen molar-refractivity contribution < 1.29 is 0 Å². The quantitative estimate of drug-likeness (QED) is 0.398. The Hall–Kier alpha value is -0.410. The lowest BCUT2D eigenvalue weighted by molar-refractivity contribution is 0.115. The van der Waals surface area contributed by atoms with Gasteiger partial charge in [0.25, 0.3) is 0 Å². The molecule has 1 aliphatic heterocycles. The molecule has 0 aliphatic carbocycles. The van der Waals surface area contributed by atoms with E-state index < -0.39 is 0 Å². The Kier molecular flexibility index (Phi) is 9.51. The number of guanidine groups is 1. The first-order chi connectivity index (χ1) is 11.0. The fourth-order valence-corrected chi connectivity index (χ4v) is 4.14. The molecule has 1 aromatic heterocycles. The summed E-state index contributed by atoms with van der Waals surface area (Å²) in [7, 11) is 1.83. The number of aromatic nitrogens is 1. The highest BCUT2D eigenvalue weighted by molar-refractivity contribution is 14.0. The van der Waals surface area contributed by atoms with Gasteiger partial charge in [0, 0.05) is 30.6 Å². The summed E-state index contributed by atoms with van der Waals surface area (Å²) in [6.07, 6.45) is 4.02. The first-order valence-electron chi connectivity index (χ1n) is 8.64. The van der Waals surface area contributed by atoms with Crippen LogP contribution in [0.3, 0.4) is 0 Å². The highest BCUT2D eigenvalue weighted by Gasteiger charge is 2.22. The van der Waals surface area contributed by atoms with Crippen molar-refractivity contribution in [1.29, 1.82) is 0 Å². The fraction of sp³-hybridized carbons (Fsp3) is 0.765. The van der Waals surface area contributed by atoms with E-state index in [0.29, 0.717) is 12.1 Å². The number of thiazole rings is 1. The normalized spacial score (nSPS) is 20.4. The van der Waals surface area contributed by atoms with Crippen LogP contribution in [-0.4, -0.2) is 48.1 Å². The van der Waals surface area contributed by atoms with Gasteiger partial charge in [-0.05, 0) is 47.1 Å². The monoisotopic (exact) mass is 465 g/mol. The molecule has 5 nitrogen and oxygen atoms in total. The van der Waals surface area contributed by atoms with Crippen molar-refractivity contribution in [2.75, 3.05) is 20.1 Å². The van der Waals surface area contributed by atoms with Gasteiger partial charge in [0.05, 0.1) is 17.2 Å². The van der Waals surface area contributed by atoms with Crippen molar-refractivity contribution in [1.82, 2.24) is 20.5 Å². The van der Waals surface area contributed by atoms with Gasteiger partial charge in [0.2, 0.25) is 0 Å². The maximum absolute atomic E-state index is 4.47. The minimum Gasteiger partial charge on any atom is -0.355 e. The van der Waals surface area contributed by atoms with E-state index >= 15 is 0 Å². The van der Waals surface area contributed by atoms with E-state index in [1.54, 1.807) is 11.3 Å². The van der Waals surface area contributed by atoms with Crippen molar-refractivity contribution >= 4 is 41.3 Å². The SMILES string of the molecule is CN=C(NCc1sc(C)nc1C)NCC(C)N1CCCCC1C.I. The number of aryl methyl sites for hydroxylation is 2. The van der Waals surface area contributed by atoms with Gasteiger partial charge in [0.15, 0.2) is 5.96 Å². The Morgan fingerprint density at radius 3 is 2.71 bits per heavy atom. The molecular weight excluding hydrogens is 433 g/mol. The molecule has 2 unspecified atom stereocenters. The van der Waals surface area contributed by atoms with Gasteiger partial charge in [-0.25, -0.2) is 4.98 Å². The third kappa shape index (κ3) is 6.15. The number of nitrogens with one attached hydrogen (secondary N) is 2. The predicted molar refractivity (Wildman–Crippen MR) is 115 cm³/mol. The molecule has 2 rings (SSSR count). The average Bonchev–Trinajstić information content (AvgIpc) is 2.85. The van der Waals surface area contributed by atoms with E-state index in [9.17, 15) is 0 Å². The molecule has 0 aromatic carbocycles. The smallest absolute Gasteiger partial charge is 0.191 e. The summed E-state index contributed by atoms with van der Waals surface area (Å²) < 4.78 is 0. The standard InChI is InChI=1S/C17H31N5S.HI/c1-12-8-6-7-9-22(12)13(2)10-19-17(18-5)20-11-16-14(3)21-15(4)23-16;/h12-13H,6-11H2,1-5H3,(H2,18,19,20);1H. The number of hydrogen-bond donors (Lipinski definition) is 2. The molecule has 2 heterocycles. The van der Waals surface area contributed by atoms with Crippen molar-refractivity contribution in [2.24, 2.45) is 4.99 Å². The number of rotatable bonds is 5.